The van der Waals surface area contributed by atoms with Gasteiger partial charge in [-0.05, 0) is 31.0 Å². The molecule has 112 valence electrons. The van der Waals surface area contributed by atoms with Crippen LogP contribution in [0.15, 0.2) is 18.2 Å². The summed E-state index contributed by atoms with van der Waals surface area (Å²) in [6, 6.07) is 4.47. The van der Waals surface area contributed by atoms with Crippen LogP contribution in [0.1, 0.15) is 19.3 Å². The summed E-state index contributed by atoms with van der Waals surface area (Å²) in [6.07, 6.45) is 2.62. The van der Waals surface area contributed by atoms with Crippen molar-refractivity contribution in [1.82, 2.24) is 4.31 Å². The van der Waals surface area contributed by atoms with Crippen LogP contribution >= 0.6 is 23.2 Å². The van der Waals surface area contributed by atoms with Crippen LogP contribution in [0.3, 0.4) is 0 Å². The molecule has 1 saturated heterocycles. The van der Waals surface area contributed by atoms with Crippen molar-refractivity contribution in [2.24, 2.45) is 5.73 Å². The smallest absolute Gasteiger partial charge is 0.301 e. The predicted octanol–water partition coefficient (Wildman–Crippen LogP) is 2.46. The van der Waals surface area contributed by atoms with Gasteiger partial charge in [-0.2, -0.15) is 12.7 Å². The summed E-state index contributed by atoms with van der Waals surface area (Å²) in [7, 11) is -3.66. The third-order valence-corrected chi connectivity index (χ3v) is 5.45. The fraction of sp³-hybridized carbons (Fsp3) is 0.500. The summed E-state index contributed by atoms with van der Waals surface area (Å²) >= 11 is 11.8. The van der Waals surface area contributed by atoms with Crippen LogP contribution in [0, 0.1) is 0 Å². The highest BCUT2D eigenvalue weighted by atomic mass is 35.5. The molecule has 2 rings (SSSR count). The zero-order chi connectivity index (χ0) is 14.8. The lowest BCUT2D eigenvalue weighted by Crippen LogP contribution is -2.49. The van der Waals surface area contributed by atoms with Crippen molar-refractivity contribution in [3.63, 3.8) is 0 Å². The summed E-state index contributed by atoms with van der Waals surface area (Å²) in [5.74, 6) is 0. The van der Waals surface area contributed by atoms with Gasteiger partial charge in [-0.15, -0.1) is 0 Å². The fourth-order valence-corrected chi connectivity index (χ4v) is 4.33. The molecule has 8 heteroatoms. The van der Waals surface area contributed by atoms with Gasteiger partial charge in [-0.1, -0.05) is 29.6 Å². The first-order valence-electron chi connectivity index (χ1n) is 6.39. The first kappa shape index (κ1) is 15.9. The highest BCUT2D eigenvalue weighted by Crippen LogP contribution is 2.28. The van der Waals surface area contributed by atoms with Crippen LogP contribution in [0.25, 0.3) is 0 Å². The quantitative estimate of drug-likeness (QED) is 0.885. The largest absolute Gasteiger partial charge is 0.329 e. The molecule has 1 atom stereocenters. The van der Waals surface area contributed by atoms with Crippen LogP contribution in [0.5, 0.6) is 0 Å². The van der Waals surface area contributed by atoms with E-state index >= 15 is 0 Å². The molecule has 1 aliphatic rings. The van der Waals surface area contributed by atoms with Crippen LogP contribution in [0.2, 0.25) is 10.0 Å². The molecule has 0 amide bonds. The number of nitrogens with zero attached hydrogens (tertiary/aromatic N) is 1. The van der Waals surface area contributed by atoms with E-state index in [1.54, 1.807) is 12.1 Å². The standard InChI is InChI=1S/C12H17Cl2N3O2S/c13-9-4-5-12(11(14)7-9)16-20(18,19)17-6-2-1-3-10(17)8-15/h4-5,7,10,16H,1-3,6,8,15H2. The molecule has 3 N–H and O–H groups in total. The molecular formula is C12H17Cl2N3O2S. The van der Waals surface area contributed by atoms with Gasteiger partial charge >= 0.3 is 10.2 Å². The molecule has 20 heavy (non-hydrogen) atoms. The Balaban J connectivity index is 2.21. The van der Waals surface area contributed by atoms with E-state index in [1.807, 2.05) is 0 Å². The first-order valence-corrected chi connectivity index (χ1v) is 8.58. The molecule has 0 bridgehead atoms. The molecule has 5 nitrogen and oxygen atoms in total. The summed E-state index contributed by atoms with van der Waals surface area (Å²) in [6.45, 7) is 0.789. The SMILES string of the molecule is NCC1CCCCN1S(=O)(=O)Nc1ccc(Cl)cc1Cl. The van der Waals surface area contributed by atoms with E-state index in [9.17, 15) is 8.42 Å². The van der Waals surface area contributed by atoms with Gasteiger partial charge in [-0.25, -0.2) is 0 Å². The molecule has 0 aliphatic carbocycles. The zero-order valence-corrected chi connectivity index (χ0v) is 13.2. The van der Waals surface area contributed by atoms with E-state index < -0.39 is 10.2 Å². The topological polar surface area (TPSA) is 75.4 Å². The Morgan fingerprint density at radius 2 is 2.10 bits per heavy atom. The van der Waals surface area contributed by atoms with E-state index in [1.165, 1.54) is 10.4 Å². The van der Waals surface area contributed by atoms with Crippen LogP contribution in [0.4, 0.5) is 5.69 Å². The van der Waals surface area contributed by atoms with Crippen molar-refractivity contribution in [1.29, 1.82) is 0 Å². The van der Waals surface area contributed by atoms with E-state index in [0.717, 1.165) is 19.3 Å². The normalized spacial score (nSPS) is 20.9. The summed E-state index contributed by atoms with van der Waals surface area (Å²) < 4.78 is 28.8. The molecular weight excluding hydrogens is 321 g/mol. The van der Waals surface area contributed by atoms with Gasteiger partial charge in [0, 0.05) is 24.2 Å². The van der Waals surface area contributed by atoms with Crippen molar-refractivity contribution in [2.45, 2.75) is 25.3 Å². The molecule has 0 aromatic heterocycles. The highest BCUT2D eigenvalue weighted by Gasteiger charge is 2.31. The number of nitrogens with one attached hydrogen (secondary N) is 1. The molecule has 1 fully saturated rings. The predicted molar refractivity (Wildman–Crippen MR) is 82.4 cm³/mol. The number of hydrogen-bond donors (Lipinski definition) is 2. The maximum absolute atomic E-state index is 12.4. The van der Waals surface area contributed by atoms with Crippen molar-refractivity contribution in [3.05, 3.63) is 28.2 Å². The van der Waals surface area contributed by atoms with Crippen LogP contribution in [-0.4, -0.2) is 31.9 Å². The molecule has 1 aromatic carbocycles. The number of benzene rings is 1. The second kappa shape index (κ2) is 6.49. The Bertz CT molecular complexity index is 580. The Morgan fingerprint density at radius 1 is 1.35 bits per heavy atom. The average molecular weight is 338 g/mol. The summed E-state index contributed by atoms with van der Waals surface area (Å²) in [5, 5.41) is 0.720. The second-order valence-corrected chi connectivity index (χ2v) is 7.19. The Hall–Kier alpha value is -0.530. The van der Waals surface area contributed by atoms with Crippen LogP contribution in [-0.2, 0) is 10.2 Å². The number of halogens is 2. The van der Waals surface area contributed by atoms with Crippen molar-refractivity contribution in [2.75, 3.05) is 17.8 Å². The molecule has 0 spiro atoms. The Labute approximate surface area is 129 Å². The van der Waals surface area contributed by atoms with Crippen molar-refractivity contribution >= 4 is 39.1 Å². The second-order valence-electron chi connectivity index (χ2n) is 4.73. The maximum atomic E-state index is 12.4. The van der Waals surface area contributed by atoms with Crippen LogP contribution < -0.4 is 10.5 Å². The highest BCUT2D eigenvalue weighted by molar-refractivity contribution is 7.90. The fourth-order valence-electron chi connectivity index (χ4n) is 2.30. The number of hydrogen-bond acceptors (Lipinski definition) is 3. The van der Waals surface area contributed by atoms with Gasteiger partial charge in [0.15, 0.2) is 0 Å². The minimum atomic E-state index is -3.66. The minimum absolute atomic E-state index is 0.160. The lowest BCUT2D eigenvalue weighted by molar-refractivity contribution is 0.259. The van der Waals surface area contributed by atoms with Gasteiger partial charge in [0.2, 0.25) is 0 Å². The van der Waals surface area contributed by atoms with Gasteiger partial charge in [0.05, 0.1) is 10.7 Å². The Morgan fingerprint density at radius 3 is 2.75 bits per heavy atom. The van der Waals surface area contributed by atoms with Gasteiger partial charge < -0.3 is 5.73 Å². The third kappa shape index (κ3) is 3.56. The molecule has 1 heterocycles. The summed E-state index contributed by atoms with van der Waals surface area (Å²) in [4.78, 5) is 0. The number of rotatable bonds is 4. The third-order valence-electron chi connectivity index (χ3n) is 3.32. The molecule has 0 saturated carbocycles. The average Bonchev–Trinajstić information content (AvgIpc) is 2.42. The molecule has 1 aliphatic heterocycles. The minimum Gasteiger partial charge on any atom is -0.329 e. The van der Waals surface area contributed by atoms with Gasteiger partial charge in [0.1, 0.15) is 0 Å². The zero-order valence-electron chi connectivity index (χ0n) is 10.9. The maximum Gasteiger partial charge on any atom is 0.301 e. The summed E-state index contributed by atoms with van der Waals surface area (Å²) in [5.41, 5.74) is 5.97. The number of piperidine rings is 1. The Kier molecular flexibility index (Phi) is 5.14. The van der Waals surface area contributed by atoms with E-state index in [0.29, 0.717) is 23.8 Å². The number of nitrogens with two attached hydrogens (primary N) is 1. The molecule has 1 unspecified atom stereocenters. The lowest BCUT2D eigenvalue weighted by atomic mass is 10.1. The van der Waals surface area contributed by atoms with Gasteiger partial charge in [-0.3, -0.25) is 4.72 Å². The monoisotopic (exact) mass is 337 g/mol. The van der Waals surface area contributed by atoms with E-state index in [2.05, 4.69) is 4.72 Å². The van der Waals surface area contributed by atoms with Crippen molar-refractivity contribution in [3.8, 4) is 0 Å². The number of anilines is 1. The molecule has 0 radical (unpaired) electrons. The van der Waals surface area contributed by atoms with E-state index in [4.69, 9.17) is 28.9 Å². The lowest BCUT2D eigenvalue weighted by Gasteiger charge is -2.33. The molecule has 1 aromatic rings. The van der Waals surface area contributed by atoms with E-state index in [-0.39, 0.29) is 11.1 Å². The first-order chi connectivity index (χ1) is 9.44. The van der Waals surface area contributed by atoms with Crippen molar-refractivity contribution < 1.29 is 8.42 Å². The van der Waals surface area contributed by atoms with Gasteiger partial charge in [0.25, 0.3) is 0 Å².